The molecule has 112 valence electrons. The van der Waals surface area contributed by atoms with Crippen LogP contribution in [-0.4, -0.2) is 36.4 Å². The topological polar surface area (TPSA) is 94.8 Å². The summed E-state index contributed by atoms with van der Waals surface area (Å²) in [6.45, 7) is 5.43. The molecule has 0 saturated heterocycles. The minimum atomic E-state index is -0.571. The normalized spacial score (nSPS) is 11.2. The summed E-state index contributed by atoms with van der Waals surface area (Å²) in [5.41, 5.74) is -0.571. The summed E-state index contributed by atoms with van der Waals surface area (Å²) >= 11 is 5.79. The van der Waals surface area contributed by atoms with Crippen molar-refractivity contribution in [3.8, 4) is 5.95 Å². The van der Waals surface area contributed by atoms with Gasteiger partial charge in [0.2, 0.25) is 5.28 Å². The van der Waals surface area contributed by atoms with Gasteiger partial charge in [0.25, 0.3) is 5.95 Å². The van der Waals surface area contributed by atoms with Gasteiger partial charge < -0.3 is 10.1 Å². The molecule has 0 spiro atoms. The lowest BCUT2D eigenvalue weighted by Crippen LogP contribution is -2.32. The Morgan fingerprint density at radius 3 is 2.67 bits per heavy atom. The molecule has 21 heavy (non-hydrogen) atoms. The fraction of sp³-hybridized carbons (Fsp3) is 0.417. The molecule has 2 aromatic rings. The van der Waals surface area contributed by atoms with Gasteiger partial charge >= 0.3 is 6.09 Å². The summed E-state index contributed by atoms with van der Waals surface area (Å²) < 4.78 is 6.50. The first-order valence-corrected chi connectivity index (χ1v) is 6.58. The largest absolute Gasteiger partial charge is 0.444 e. The molecular formula is C12H15ClN6O2. The maximum atomic E-state index is 11.6. The van der Waals surface area contributed by atoms with E-state index >= 15 is 0 Å². The minimum absolute atomic E-state index is 0.0449. The molecule has 9 heteroatoms. The first-order chi connectivity index (χ1) is 9.85. The molecule has 1 N–H and O–H groups in total. The summed E-state index contributed by atoms with van der Waals surface area (Å²) in [6, 6.07) is 1.68. The van der Waals surface area contributed by atoms with Crippen molar-refractivity contribution >= 4 is 17.7 Å². The van der Waals surface area contributed by atoms with E-state index in [1.165, 1.54) is 4.68 Å². The monoisotopic (exact) mass is 310 g/mol. The molecule has 2 heterocycles. The number of amides is 1. The molecule has 1 amide bonds. The van der Waals surface area contributed by atoms with Crippen molar-refractivity contribution in [1.82, 2.24) is 30.0 Å². The van der Waals surface area contributed by atoms with Crippen molar-refractivity contribution in [2.45, 2.75) is 32.9 Å². The Hall–Kier alpha value is -2.22. The highest BCUT2D eigenvalue weighted by Crippen LogP contribution is 2.09. The van der Waals surface area contributed by atoms with E-state index in [0.717, 1.165) is 0 Å². The zero-order valence-corrected chi connectivity index (χ0v) is 12.6. The lowest BCUT2D eigenvalue weighted by molar-refractivity contribution is 0.0522. The van der Waals surface area contributed by atoms with Crippen LogP contribution >= 0.6 is 11.6 Å². The average Bonchev–Trinajstić information content (AvgIpc) is 2.77. The number of halogens is 1. The SMILES string of the molecule is CC(C)(C)OC(=O)NCc1nc(Cl)nn1-c1ncccn1. The number of ether oxygens (including phenoxy) is 1. The molecule has 0 atom stereocenters. The van der Waals surface area contributed by atoms with E-state index in [1.54, 1.807) is 39.2 Å². The van der Waals surface area contributed by atoms with Crippen molar-refractivity contribution in [3.05, 3.63) is 29.6 Å². The first-order valence-electron chi connectivity index (χ1n) is 6.21. The van der Waals surface area contributed by atoms with E-state index in [4.69, 9.17) is 16.3 Å². The van der Waals surface area contributed by atoms with Gasteiger partial charge in [-0.3, -0.25) is 0 Å². The van der Waals surface area contributed by atoms with Gasteiger partial charge in [0.1, 0.15) is 5.60 Å². The van der Waals surface area contributed by atoms with E-state index in [1.807, 2.05) is 0 Å². The molecule has 2 rings (SSSR count). The number of carbonyl (C=O) groups excluding carboxylic acids is 1. The summed E-state index contributed by atoms with van der Waals surface area (Å²) in [7, 11) is 0. The van der Waals surface area contributed by atoms with E-state index in [-0.39, 0.29) is 11.8 Å². The molecule has 2 aromatic heterocycles. The Balaban J connectivity index is 2.09. The lowest BCUT2D eigenvalue weighted by atomic mass is 10.2. The molecule has 0 aromatic carbocycles. The fourth-order valence-corrected chi connectivity index (χ4v) is 1.63. The number of nitrogens with one attached hydrogen (secondary N) is 1. The minimum Gasteiger partial charge on any atom is -0.444 e. The van der Waals surface area contributed by atoms with Crippen molar-refractivity contribution < 1.29 is 9.53 Å². The second kappa shape index (κ2) is 6.04. The van der Waals surface area contributed by atoms with Crippen molar-refractivity contribution in [3.63, 3.8) is 0 Å². The van der Waals surface area contributed by atoms with Gasteiger partial charge in [-0.15, -0.1) is 5.10 Å². The second-order valence-electron chi connectivity index (χ2n) is 5.11. The smallest absolute Gasteiger partial charge is 0.408 e. The van der Waals surface area contributed by atoms with E-state index in [2.05, 4.69) is 25.4 Å². The lowest BCUT2D eigenvalue weighted by Gasteiger charge is -2.19. The zero-order valence-electron chi connectivity index (χ0n) is 11.9. The highest BCUT2D eigenvalue weighted by atomic mass is 35.5. The quantitative estimate of drug-likeness (QED) is 0.927. The predicted molar refractivity (Wildman–Crippen MR) is 75.0 cm³/mol. The summed E-state index contributed by atoms with van der Waals surface area (Å²) in [5.74, 6) is 0.718. The summed E-state index contributed by atoms with van der Waals surface area (Å²) in [6.07, 6.45) is 2.59. The van der Waals surface area contributed by atoms with Crippen LogP contribution in [0.15, 0.2) is 18.5 Å². The number of alkyl carbamates (subject to hydrolysis) is 1. The molecule has 0 radical (unpaired) electrons. The maximum Gasteiger partial charge on any atom is 0.408 e. The van der Waals surface area contributed by atoms with Gasteiger partial charge in [0.05, 0.1) is 6.54 Å². The van der Waals surface area contributed by atoms with Gasteiger partial charge in [-0.1, -0.05) is 0 Å². The molecular weight excluding hydrogens is 296 g/mol. The van der Waals surface area contributed by atoms with Crippen LogP contribution in [-0.2, 0) is 11.3 Å². The first kappa shape index (κ1) is 15.2. The van der Waals surface area contributed by atoms with Crippen LogP contribution in [0.3, 0.4) is 0 Å². The van der Waals surface area contributed by atoms with Crippen molar-refractivity contribution in [1.29, 1.82) is 0 Å². The van der Waals surface area contributed by atoms with Crippen LogP contribution < -0.4 is 5.32 Å². The van der Waals surface area contributed by atoms with E-state index in [9.17, 15) is 4.79 Å². The number of aromatic nitrogens is 5. The van der Waals surface area contributed by atoms with Gasteiger partial charge in [-0.2, -0.15) is 9.67 Å². The summed E-state index contributed by atoms with van der Waals surface area (Å²) in [4.78, 5) is 23.8. The number of hydrogen-bond donors (Lipinski definition) is 1. The Morgan fingerprint density at radius 2 is 2.05 bits per heavy atom. The highest BCUT2D eigenvalue weighted by molar-refractivity contribution is 6.28. The number of carbonyl (C=O) groups is 1. The van der Waals surface area contributed by atoms with Crippen molar-refractivity contribution in [2.24, 2.45) is 0 Å². The number of nitrogens with zero attached hydrogens (tertiary/aromatic N) is 5. The van der Waals surface area contributed by atoms with Crippen LogP contribution in [0.25, 0.3) is 5.95 Å². The van der Waals surface area contributed by atoms with Gasteiger partial charge in [0, 0.05) is 12.4 Å². The van der Waals surface area contributed by atoms with Gasteiger partial charge in [-0.25, -0.2) is 14.8 Å². The molecule has 8 nitrogen and oxygen atoms in total. The molecule has 0 saturated carbocycles. The molecule has 0 unspecified atom stereocenters. The summed E-state index contributed by atoms with van der Waals surface area (Å²) in [5, 5.41) is 6.61. The molecule has 0 fully saturated rings. The fourth-order valence-electron chi connectivity index (χ4n) is 1.46. The third-order valence-corrected chi connectivity index (χ3v) is 2.34. The average molecular weight is 311 g/mol. The second-order valence-corrected chi connectivity index (χ2v) is 5.45. The van der Waals surface area contributed by atoms with Gasteiger partial charge in [0.15, 0.2) is 5.82 Å². The Bertz CT molecular complexity index is 622. The maximum absolute atomic E-state index is 11.6. The Morgan fingerprint density at radius 1 is 1.38 bits per heavy atom. The van der Waals surface area contributed by atoms with Crippen LogP contribution in [0, 0.1) is 0 Å². The van der Waals surface area contributed by atoms with Crippen molar-refractivity contribution in [2.75, 3.05) is 0 Å². The Kier molecular flexibility index (Phi) is 4.37. The zero-order chi connectivity index (χ0) is 15.5. The Labute approximate surface area is 126 Å². The van der Waals surface area contributed by atoms with Crippen LogP contribution in [0.2, 0.25) is 5.28 Å². The third-order valence-electron chi connectivity index (χ3n) is 2.18. The van der Waals surface area contributed by atoms with E-state index < -0.39 is 11.7 Å². The standard InChI is InChI=1S/C12H15ClN6O2/c1-12(2,3)21-11(20)16-7-8-17-9(13)18-19(8)10-14-5-4-6-15-10/h4-6H,7H2,1-3H3,(H,16,20). The van der Waals surface area contributed by atoms with E-state index in [0.29, 0.717) is 11.8 Å². The predicted octanol–water partition coefficient (Wildman–Crippen LogP) is 1.74. The molecule has 0 bridgehead atoms. The van der Waals surface area contributed by atoms with Gasteiger partial charge in [-0.05, 0) is 38.4 Å². The highest BCUT2D eigenvalue weighted by Gasteiger charge is 2.18. The van der Waals surface area contributed by atoms with Crippen LogP contribution in [0.5, 0.6) is 0 Å². The molecule has 0 aliphatic carbocycles. The number of rotatable bonds is 3. The third kappa shape index (κ3) is 4.38. The van der Waals surface area contributed by atoms with Crippen LogP contribution in [0.4, 0.5) is 4.79 Å². The molecule has 0 aliphatic heterocycles. The number of hydrogen-bond acceptors (Lipinski definition) is 6. The molecule has 0 aliphatic rings. The van der Waals surface area contributed by atoms with Crippen LogP contribution in [0.1, 0.15) is 26.6 Å².